The maximum absolute atomic E-state index is 11.9. The highest BCUT2D eigenvalue weighted by Gasteiger charge is 2.10. The lowest BCUT2D eigenvalue weighted by Crippen LogP contribution is -2.21. The Kier molecular flexibility index (Phi) is 3.59. The molecule has 0 fully saturated rings. The highest BCUT2D eigenvalue weighted by molar-refractivity contribution is 7.14. The zero-order valence-electron chi connectivity index (χ0n) is 10.0. The molecule has 0 atom stereocenters. The van der Waals surface area contributed by atoms with E-state index in [0.29, 0.717) is 6.54 Å². The maximum Gasteiger partial charge on any atom is 0.261 e. The molecule has 1 amide bonds. The molecule has 2 aromatic heterocycles. The smallest absolute Gasteiger partial charge is 0.261 e. The Bertz CT molecular complexity index is 523. The predicted molar refractivity (Wildman–Crippen MR) is 71.8 cm³/mol. The summed E-state index contributed by atoms with van der Waals surface area (Å²) in [4.78, 5) is 19.1. The van der Waals surface area contributed by atoms with E-state index in [1.54, 1.807) is 11.3 Å². The minimum atomic E-state index is -0.00254. The van der Waals surface area contributed by atoms with Gasteiger partial charge in [-0.2, -0.15) is 0 Å². The molecule has 3 nitrogen and oxygen atoms in total. The van der Waals surface area contributed by atoms with Crippen molar-refractivity contribution >= 4 is 28.6 Å². The zero-order chi connectivity index (χ0) is 12.4. The van der Waals surface area contributed by atoms with Gasteiger partial charge in [0.05, 0.1) is 16.4 Å². The third kappa shape index (κ3) is 2.92. The zero-order valence-corrected chi connectivity index (χ0v) is 11.7. The number of hydrogen-bond donors (Lipinski definition) is 1. The number of aromatic nitrogens is 1. The second-order valence-electron chi connectivity index (χ2n) is 3.88. The van der Waals surface area contributed by atoms with Crippen LogP contribution in [0.15, 0.2) is 12.3 Å². The van der Waals surface area contributed by atoms with E-state index in [1.807, 2.05) is 33.0 Å². The number of nitrogens with one attached hydrogen (secondary N) is 1. The van der Waals surface area contributed by atoms with Crippen LogP contribution in [0.1, 0.15) is 30.0 Å². The normalized spacial score (nSPS) is 10.5. The molecule has 2 aromatic rings. The van der Waals surface area contributed by atoms with E-state index in [9.17, 15) is 4.79 Å². The first-order valence-corrected chi connectivity index (χ1v) is 6.96. The second kappa shape index (κ2) is 4.98. The molecule has 0 aliphatic rings. The number of carbonyl (C=O) groups is 1. The quantitative estimate of drug-likeness (QED) is 0.927. The van der Waals surface area contributed by atoms with Crippen molar-refractivity contribution in [3.63, 3.8) is 0 Å². The standard InChI is InChI=1S/C12H14N2OS2/c1-7-4-11(16-8(7)2)12(15)14-6-10-5-13-9(3)17-10/h4-5H,6H2,1-3H3,(H,14,15). The molecule has 2 heterocycles. The minimum absolute atomic E-state index is 0.00254. The molecule has 5 heteroatoms. The molecular weight excluding hydrogens is 252 g/mol. The van der Waals surface area contributed by atoms with Crippen LogP contribution >= 0.6 is 22.7 Å². The number of thiazole rings is 1. The van der Waals surface area contributed by atoms with E-state index in [0.717, 1.165) is 14.8 Å². The van der Waals surface area contributed by atoms with Crippen LogP contribution < -0.4 is 5.32 Å². The van der Waals surface area contributed by atoms with Crippen molar-refractivity contribution in [1.29, 1.82) is 0 Å². The number of amides is 1. The van der Waals surface area contributed by atoms with Crippen molar-refractivity contribution in [3.8, 4) is 0 Å². The maximum atomic E-state index is 11.9. The van der Waals surface area contributed by atoms with Crippen LogP contribution in [0.3, 0.4) is 0 Å². The van der Waals surface area contributed by atoms with Gasteiger partial charge in [0.1, 0.15) is 0 Å². The summed E-state index contributed by atoms with van der Waals surface area (Å²) in [6.45, 7) is 6.57. The Labute approximate surface area is 109 Å². The van der Waals surface area contributed by atoms with Gasteiger partial charge in [-0.3, -0.25) is 4.79 Å². The summed E-state index contributed by atoms with van der Waals surface area (Å²) in [7, 11) is 0. The molecule has 0 radical (unpaired) electrons. The van der Waals surface area contributed by atoms with Gasteiger partial charge in [-0.05, 0) is 32.4 Å². The summed E-state index contributed by atoms with van der Waals surface area (Å²) in [5.41, 5.74) is 1.17. The first-order valence-electron chi connectivity index (χ1n) is 5.33. The van der Waals surface area contributed by atoms with Gasteiger partial charge in [-0.1, -0.05) is 0 Å². The van der Waals surface area contributed by atoms with Crippen LogP contribution in [0, 0.1) is 20.8 Å². The molecule has 0 saturated heterocycles. The molecule has 1 N–H and O–H groups in total. The fourth-order valence-electron chi connectivity index (χ4n) is 1.43. The Morgan fingerprint density at radius 3 is 2.65 bits per heavy atom. The minimum Gasteiger partial charge on any atom is -0.346 e. The van der Waals surface area contributed by atoms with Crippen molar-refractivity contribution < 1.29 is 4.79 Å². The molecule has 0 saturated carbocycles. The fraction of sp³-hybridized carbons (Fsp3) is 0.333. The highest BCUT2D eigenvalue weighted by atomic mass is 32.1. The summed E-state index contributed by atoms with van der Waals surface area (Å²) in [5.74, 6) is -0.00254. The largest absolute Gasteiger partial charge is 0.346 e. The summed E-state index contributed by atoms with van der Waals surface area (Å²) < 4.78 is 0. The average Bonchev–Trinajstić information content (AvgIpc) is 2.83. The number of nitrogens with zero attached hydrogens (tertiary/aromatic N) is 1. The summed E-state index contributed by atoms with van der Waals surface area (Å²) in [6, 6.07) is 1.94. The van der Waals surface area contributed by atoms with Gasteiger partial charge in [0.2, 0.25) is 0 Å². The van der Waals surface area contributed by atoms with E-state index < -0.39 is 0 Å². The number of hydrogen-bond acceptors (Lipinski definition) is 4. The summed E-state index contributed by atoms with van der Waals surface area (Å²) in [6.07, 6.45) is 1.81. The van der Waals surface area contributed by atoms with E-state index in [1.165, 1.54) is 21.8 Å². The first-order chi connectivity index (χ1) is 8.06. The van der Waals surface area contributed by atoms with Gasteiger partial charge in [-0.15, -0.1) is 22.7 Å². The SMILES string of the molecule is Cc1ncc(CNC(=O)c2cc(C)c(C)s2)s1. The van der Waals surface area contributed by atoms with Gasteiger partial charge in [-0.25, -0.2) is 4.98 Å². The van der Waals surface area contributed by atoms with Gasteiger partial charge in [0.15, 0.2) is 0 Å². The average molecular weight is 266 g/mol. The molecule has 0 aliphatic carbocycles. The van der Waals surface area contributed by atoms with Crippen molar-refractivity contribution in [2.45, 2.75) is 27.3 Å². The van der Waals surface area contributed by atoms with E-state index in [-0.39, 0.29) is 5.91 Å². The second-order valence-corrected chi connectivity index (χ2v) is 6.45. The molecule has 0 unspecified atom stereocenters. The van der Waals surface area contributed by atoms with Crippen molar-refractivity contribution in [2.24, 2.45) is 0 Å². The number of carbonyl (C=O) groups excluding carboxylic acids is 1. The Balaban J connectivity index is 1.98. The number of thiophene rings is 1. The van der Waals surface area contributed by atoms with Gasteiger partial charge < -0.3 is 5.32 Å². The molecule has 0 aliphatic heterocycles. The van der Waals surface area contributed by atoms with Crippen molar-refractivity contribution in [3.05, 3.63) is 37.5 Å². The highest BCUT2D eigenvalue weighted by Crippen LogP contribution is 2.20. The Morgan fingerprint density at radius 1 is 1.35 bits per heavy atom. The summed E-state index contributed by atoms with van der Waals surface area (Å²) in [5, 5.41) is 3.94. The summed E-state index contributed by atoms with van der Waals surface area (Å²) >= 11 is 3.15. The predicted octanol–water partition coefficient (Wildman–Crippen LogP) is 3.06. The van der Waals surface area contributed by atoms with Crippen LogP contribution in [0.2, 0.25) is 0 Å². The lowest BCUT2D eigenvalue weighted by atomic mass is 10.3. The molecule has 0 bridgehead atoms. The van der Waals surface area contributed by atoms with Crippen LogP contribution in [-0.2, 0) is 6.54 Å². The third-order valence-corrected chi connectivity index (χ3v) is 4.55. The molecule has 17 heavy (non-hydrogen) atoms. The van der Waals surface area contributed by atoms with Gasteiger partial charge in [0.25, 0.3) is 5.91 Å². The molecule has 0 aromatic carbocycles. The van der Waals surface area contributed by atoms with Gasteiger partial charge in [0, 0.05) is 16.0 Å². The van der Waals surface area contributed by atoms with E-state index in [2.05, 4.69) is 10.3 Å². The lowest BCUT2D eigenvalue weighted by molar-refractivity contribution is 0.0955. The molecule has 0 spiro atoms. The number of rotatable bonds is 3. The fourth-order valence-corrected chi connectivity index (χ4v) is 3.11. The van der Waals surface area contributed by atoms with Crippen molar-refractivity contribution in [1.82, 2.24) is 10.3 Å². The van der Waals surface area contributed by atoms with Crippen LogP contribution in [-0.4, -0.2) is 10.9 Å². The van der Waals surface area contributed by atoms with Crippen LogP contribution in [0.4, 0.5) is 0 Å². The Morgan fingerprint density at radius 2 is 2.12 bits per heavy atom. The molecule has 2 rings (SSSR count). The monoisotopic (exact) mass is 266 g/mol. The van der Waals surface area contributed by atoms with Crippen LogP contribution in [0.25, 0.3) is 0 Å². The van der Waals surface area contributed by atoms with E-state index in [4.69, 9.17) is 0 Å². The molecular formula is C12H14N2OS2. The first kappa shape index (κ1) is 12.3. The Hall–Kier alpha value is -1.20. The third-order valence-electron chi connectivity index (χ3n) is 2.48. The van der Waals surface area contributed by atoms with Crippen molar-refractivity contribution in [2.75, 3.05) is 0 Å². The van der Waals surface area contributed by atoms with Crippen LogP contribution in [0.5, 0.6) is 0 Å². The topological polar surface area (TPSA) is 42.0 Å². The lowest BCUT2D eigenvalue weighted by Gasteiger charge is -2.00. The molecule has 90 valence electrons. The van der Waals surface area contributed by atoms with E-state index >= 15 is 0 Å². The van der Waals surface area contributed by atoms with Gasteiger partial charge >= 0.3 is 0 Å². The number of aryl methyl sites for hydroxylation is 3.